The molecule has 28 heavy (non-hydrogen) atoms. The van der Waals surface area contributed by atoms with E-state index in [-0.39, 0.29) is 23.6 Å². The molecule has 2 aromatic carbocycles. The molecule has 0 spiro atoms. The molecule has 2 heterocycles. The fraction of sp³-hybridized carbons (Fsp3) is 0.286. The van der Waals surface area contributed by atoms with Gasteiger partial charge in [-0.25, -0.2) is 4.68 Å². The van der Waals surface area contributed by atoms with Crippen LogP contribution in [0.1, 0.15) is 5.56 Å². The largest absolute Gasteiger partial charge is 0.368 e. The molecule has 144 valence electrons. The Balaban J connectivity index is 1.48. The lowest BCUT2D eigenvalue weighted by Crippen LogP contribution is -2.50. The number of fused-ring (bicyclic) bond motifs is 1. The summed E-state index contributed by atoms with van der Waals surface area (Å²) in [7, 11) is 0. The fourth-order valence-corrected chi connectivity index (χ4v) is 3.71. The fourth-order valence-electron chi connectivity index (χ4n) is 3.71. The standard InChI is InChI=1S/C21H22N4O3/c1-15-6-2-5-9-18(15)23-10-12-24(13-11-23)19(26)14-25-21(28)17-8-4-3-7-16(17)20(27)22-25/h2-9H,10-14H2,1H3,(H,22,27). The summed E-state index contributed by atoms with van der Waals surface area (Å²) in [5.74, 6) is -0.169. The minimum Gasteiger partial charge on any atom is -0.368 e. The van der Waals surface area contributed by atoms with Gasteiger partial charge in [0.2, 0.25) is 5.91 Å². The molecule has 0 unspecified atom stereocenters. The number of H-pyrrole nitrogens is 1. The molecule has 1 aromatic heterocycles. The van der Waals surface area contributed by atoms with Crippen LogP contribution in [0, 0.1) is 6.92 Å². The lowest BCUT2D eigenvalue weighted by molar-refractivity contribution is -0.132. The number of amides is 1. The third kappa shape index (κ3) is 3.31. The average molecular weight is 378 g/mol. The number of carbonyl (C=O) groups is 1. The van der Waals surface area contributed by atoms with E-state index in [0.29, 0.717) is 23.9 Å². The van der Waals surface area contributed by atoms with Gasteiger partial charge in [-0.15, -0.1) is 0 Å². The van der Waals surface area contributed by atoms with Crippen LogP contribution in [-0.4, -0.2) is 46.8 Å². The number of aromatic amines is 1. The number of carbonyl (C=O) groups excluding carboxylic acids is 1. The molecule has 7 nitrogen and oxygen atoms in total. The van der Waals surface area contributed by atoms with Crippen LogP contribution in [0.25, 0.3) is 10.8 Å². The maximum Gasteiger partial charge on any atom is 0.273 e. The van der Waals surface area contributed by atoms with Crippen molar-refractivity contribution in [2.75, 3.05) is 31.1 Å². The van der Waals surface area contributed by atoms with Crippen molar-refractivity contribution >= 4 is 22.4 Å². The van der Waals surface area contributed by atoms with Crippen molar-refractivity contribution in [2.24, 2.45) is 0 Å². The summed E-state index contributed by atoms with van der Waals surface area (Å²) >= 11 is 0. The first kappa shape index (κ1) is 18.0. The number of nitrogens with one attached hydrogen (secondary N) is 1. The second-order valence-corrected chi connectivity index (χ2v) is 7.03. The first-order chi connectivity index (χ1) is 13.5. The maximum absolute atomic E-state index is 12.7. The van der Waals surface area contributed by atoms with E-state index in [1.165, 1.54) is 11.3 Å². The number of hydrogen-bond donors (Lipinski definition) is 1. The summed E-state index contributed by atoms with van der Waals surface area (Å²) < 4.78 is 1.11. The number of anilines is 1. The molecule has 1 amide bonds. The summed E-state index contributed by atoms with van der Waals surface area (Å²) in [6, 6.07) is 14.8. The van der Waals surface area contributed by atoms with Crippen molar-refractivity contribution in [3.8, 4) is 0 Å². The Morgan fingerprint density at radius 2 is 1.57 bits per heavy atom. The Morgan fingerprint density at radius 1 is 0.929 bits per heavy atom. The van der Waals surface area contributed by atoms with Crippen molar-refractivity contribution in [2.45, 2.75) is 13.5 Å². The number of aromatic nitrogens is 2. The third-order valence-electron chi connectivity index (χ3n) is 5.27. The quantitative estimate of drug-likeness (QED) is 0.746. The molecule has 3 aromatic rings. The van der Waals surface area contributed by atoms with Crippen molar-refractivity contribution in [3.05, 3.63) is 74.8 Å². The molecule has 1 fully saturated rings. The Morgan fingerprint density at radius 3 is 2.29 bits per heavy atom. The van der Waals surface area contributed by atoms with Crippen LogP contribution >= 0.6 is 0 Å². The zero-order valence-corrected chi connectivity index (χ0v) is 15.7. The molecule has 0 atom stereocenters. The zero-order valence-electron chi connectivity index (χ0n) is 15.7. The molecule has 0 bridgehead atoms. The van der Waals surface area contributed by atoms with Crippen LogP contribution in [0.5, 0.6) is 0 Å². The average Bonchev–Trinajstić information content (AvgIpc) is 2.72. The lowest BCUT2D eigenvalue weighted by atomic mass is 10.1. The molecule has 0 aliphatic carbocycles. The van der Waals surface area contributed by atoms with Gasteiger partial charge in [-0.3, -0.25) is 19.5 Å². The highest BCUT2D eigenvalue weighted by Crippen LogP contribution is 2.20. The van der Waals surface area contributed by atoms with E-state index in [2.05, 4.69) is 29.1 Å². The Kier molecular flexibility index (Phi) is 4.73. The smallest absolute Gasteiger partial charge is 0.273 e. The molecule has 1 saturated heterocycles. The zero-order chi connectivity index (χ0) is 19.7. The molecule has 4 rings (SSSR count). The third-order valence-corrected chi connectivity index (χ3v) is 5.27. The molecule has 0 radical (unpaired) electrons. The molecule has 1 aliphatic heterocycles. The molecular weight excluding hydrogens is 356 g/mol. The number of piperazine rings is 1. The van der Waals surface area contributed by atoms with Gasteiger partial charge in [0.15, 0.2) is 0 Å². The normalized spacial score (nSPS) is 14.5. The highest BCUT2D eigenvalue weighted by atomic mass is 16.2. The predicted octanol–water partition coefficient (Wildman–Crippen LogP) is 1.35. The van der Waals surface area contributed by atoms with Gasteiger partial charge in [-0.05, 0) is 30.7 Å². The van der Waals surface area contributed by atoms with Gasteiger partial charge in [0, 0.05) is 31.9 Å². The van der Waals surface area contributed by atoms with Crippen molar-refractivity contribution in [3.63, 3.8) is 0 Å². The van der Waals surface area contributed by atoms with Crippen molar-refractivity contribution < 1.29 is 4.79 Å². The van der Waals surface area contributed by atoms with Crippen LogP contribution < -0.4 is 16.0 Å². The van der Waals surface area contributed by atoms with Crippen molar-refractivity contribution in [1.29, 1.82) is 0 Å². The Hall–Kier alpha value is -3.35. The molecule has 1 aliphatic rings. The van der Waals surface area contributed by atoms with E-state index < -0.39 is 0 Å². The van der Waals surface area contributed by atoms with E-state index in [0.717, 1.165) is 17.8 Å². The van der Waals surface area contributed by atoms with Crippen molar-refractivity contribution in [1.82, 2.24) is 14.7 Å². The highest BCUT2D eigenvalue weighted by molar-refractivity contribution is 5.81. The molecule has 0 saturated carbocycles. The van der Waals surface area contributed by atoms with E-state index >= 15 is 0 Å². The minimum atomic E-state index is -0.368. The number of benzene rings is 2. The van der Waals surface area contributed by atoms with Gasteiger partial charge in [0.25, 0.3) is 11.1 Å². The maximum atomic E-state index is 12.7. The first-order valence-corrected chi connectivity index (χ1v) is 9.35. The molecule has 1 N–H and O–H groups in total. The highest BCUT2D eigenvalue weighted by Gasteiger charge is 2.22. The van der Waals surface area contributed by atoms with E-state index in [1.54, 1.807) is 29.2 Å². The van der Waals surface area contributed by atoms with E-state index in [1.807, 2.05) is 12.1 Å². The van der Waals surface area contributed by atoms with E-state index in [9.17, 15) is 14.4 Å². The topological polar surface area (TPSA) is 78.4 Å². The molecule has 7 heteroatoms. The first-order valence-electron chi connectivity index (χ1n) is 9.35. The predicted molar refractivity (Wildman–Crippen MR) is 109 cm³/mol. The summed E-state index contributed by atoms with van der Waals surface area (Å²) in [6.07, 6.45) is 0. The number of para-hydroxylation sites is 1. The second kappa shape index (κ2) is 7.34. The number of aryl methyl sites for hydroxylation is 1. The number of nitrogens with zero attached hydrogens (tertiary/aromatic N) is 3. The second-order valence-electron chi connectivity index (χ2n) is 7.03. The van der Waals surface area contributed by atoms with Crippen LogP contribution in [0.15, 0.2) is 58.1 Å². The SMILES string of the molecule is Cc1ccccc1N1CCN(C(=O)Cn2[nH]c(=O)c3ccccc3c2=O)CC1. The monoisotopic (exact) mass is 378 g/mol. The van der Waals surface area contributed by atoms with Gasteiger partial charge in [0.05, 0.1) is 10.8 Å². The van der Waals surface area contributed by atoms with Crippen LogP contribution in [-0.2, 0) is 11.3 Å². The van der Waals surface area contributed by atoms with Crippen LogP contribution in [0.3, 0.4) is 0 Å². The van der Waals surface area contributed by atoms with Gasteiger partial charge < -0.3 is 9.80 Å². The van der Waals surface area contributed by atoms with Gasteiger partial charge in [0.1, 0.15) is 6.54 Å². The van der Waals surface area contributed by atoms with Gasteiger partial charge >= 0.3 is 0 Å². The number of hydrogen-bond acceptors (Lipinski definition) is 4. The van der Waals surface area contributed by atoms with E-state index in [4.69, 9.17) is 0 Å². The van der Waals surface area contributed by atoms with Crippen LogP contribution in [0.4, 0.5) is 5.69 Å². The Labute approximate surface area is 161 Å². The van der Waals surface area contributed by atoms with Crippen LogP contribution in [0.2, 0.25) is 0 Å². The Bertz CT molecular complexity index is 1140. The summed E-state index contributed by atoms with van der Waals surface area (Å²) in [4.78, 5) is 41.5. The summed E-state index contributed by atoms with van der Waals surface area (Å²) in [6.45, 7) is 4.55. The van der Waals surface area contributed by atoms with Gasteiger partial charge in [-0.1, -0.05) is 30.3 Å². The lowest BCUT2D eigenvalue weighted by Gasteiger charge is -2.36. The number of rotatable bonds is 3. The minimum absolute atomic E-state index is 0.163. The van der Waals surface area contributed by atoms with Gasteiger partial charge in [-0.2, -0.15) is 0 Å². The molecular formula is C21H22N4O3. The summed E-state index contributed by atoms with van der Waals surface area (Å²) in [5, 5.41) is 3.18. The summed E-state index contributed by atoms with van der Waals surface area (Å²) in [5.41, 5.74) is 1.67.